The Morgan fingerprint density at radius 2 is 1.64 bits per heavy atom. The maximum Gasteiger partial charge on any atom is 0.0502 e. The van der Waals surface area contributed by atoms with Gasteiger partial charge in [-0.1, -0.05) is 44.6 Å². The van der Waals surface area contributed by atoms with E-state index in [2.05, 4.69) is 13.5 Å². The Bertz CT molecular complexity index is 129. The van der Waals surface area contributed by atoms with Crippen LogP contribution >= 0.6 is 0 Å². The van der Waals surface area contributed by atoms with Crippen LogP contribution in [0, 0.1) is 0 Å². The van der Waals surface area contributed by atoms with Crippen LogP contribution in [0.5, 0.6) is 0 Å². The summed E-state index contributed by atoms with van der Waals surface area (Å²) in [5.74, 6) is 0. The quantitative estimate of drug-likeness (QED) is 0.375. The monoisotopic (exact) mass is 198 g/mol. The van der Waals surface area contributed by atoms with Crippen LogP contribution in [0.25, 0.3) is 0 Å². The number of hydrogen-bond acceptors (Lipinski definition) is 1. The van der Waals surface area contributed by atoms with Crippen molar-refractivity contribution in [3.8, 4) is 0 Å². The smallest absolute Gasteiger partial charge is 0.0502 e. The third-order valence-electron chi connectivity index (χ3n) is 2.32. The molecule has 0 aromatic carbocycles. The number of unbranched alkanes of at least 4 members (excludes halogenated alkanes) is 5. The van der Waals surface area contributed by atoms with Crippen LogP contribution in [0.15, 0.2) is 12.2 Å². The Morgan fingerprint density at radius 3 is 2.29 bits per heavy atom. The van der Waals surface area contributed by atoms with Crippen molar-refractivity contribution in [3.63, 3.8) is 0 Å². The average Bonchev–Trinajstić information content (AvgIpc) is 2.15. The minimum absolute atomic E-state index is 0.851. The van der Waals surface area contributed by atoms with Crippen LogP contribution in [-0.4, -0.2) is 13.2 Å². The van der Waals surface area contributed by atoms with Gasteiger partial charge in [-0.2, -0.15) is 0 Å². The van der Waals surface area contributed by atoms with Crippen molar-refractivity contribution in [2.24, 2.45) is 0 Å². The zero-order valence-electron chi connectivity index (χ0n) is 9.98. The van der Waals surface area contributed by atoms with Crippen LogP contribution < -0.4 is 0 Å². The maximum absolute atomic E-state index is 5.49. The first kappa shape index (κ1) is 13.7. The second-order valence-electron chi connectivity index (χ2n) is 4.09. The summed E-state index contributed by atoms with van der Waals surface area (Å²) in [6.45, 7) is 9.92. The van der Waals surface area contributed by atoms with Crippen molar-refractivity contribution < 1.29 is 4.74 Å². The fourth-order valence-corrected chi connectivity index (χ4v) is 1.33. The van der Waals surface area contributed by atoms with E-state index in [9.17, 15) is 0 Å². The molecule has 0 aromatic rings. The molecule has 0 saturated heterocycles. The molecule has 0 bridgehead atoms. The lowest BCUT2D eigenvalue weighted by atomic mass is 10.1. The fraction of sp³-hybridized carbons (Fsp3) is 0.846. The summed E-state index contributed by atoms with van der Waals surface area (Å²) in [4.78, 5) is 0. The number of ether oxygens (including phenoxy) is 1. The predicted octanol–water partition coefficient (Wildman–Crippen LogP) is 4.33. The van der Waals surface area contributed by atoms with E-state index < -0.39 is 0 Å². The molecule has 0 atom stereocenters. The second-order valence-corrected chi connectivity index (χ2v) is 4.09. The normalized spacial score (nSPS) is 10.4. The molecule has 0 N–H and O–H groups in total. The third-order valence-corrected chi connectivity index (χ3v) is 2.32. The molecule has 0 saturated carbocycles. The van der Waals surface area contributed by atoms with Gasteiger partial charge in [0.2, 0.25) is 0 Å². The van der Waals surface area contributed by atoms with E-state index in [1.807, 2.05) is 6.92 Å². The zero-order valence-corrected chi connectivity index (χ0v) is 9.98. The van der Waals surface area contributed by atoms with Gasteiger partial charge >= 0.3 is 0 Å². The standard InChI is InChI=1S/C13H26O/c1-4-5-6-7-8-9-11-14-12-10-13(2)3/h2,4-12H2,1,3H3. The summed E-state index contributed by atoms with van der Waals surface area (Å²) >= 11 is 0. The summed E-state index contributed by atoms with van der Waals surface area (Å²) in [7, 11) is 0. The van der Waals surface area contributed by atoms with E-state index >= 15 is 0 Å². The van der Waals surface area contributed by atoms with Gasteiger partial charge in [0, 0.05) is 6.61 Å². The minimum Gasteiger partial charge on any atom is -0.381 e. The molecule has 0 radical (unpaired) electrons. The molecule has 0 rings (SSSR count). The molecule has 0 amide bonds. The fourth-order valence-electron chi connectivity index (χ4n) is 1.33. The largest absolute Gasteiger partial charge is 0.381 e. The van der Waals surface area contributed by atoms with Crippen molar-refractivity contribution in [1.82, 2.24) is 0 Å². The van der Waals surface area contributed by atoms with E-state index in [1.54, 1.807) is 0 Å². The maximum atomic E-state index is 5.49. The first-order valence-electron chi connectivity index (χ1n) is 5.99. The first-order chi connectivity index (χ1) is 6.77. The predicted molar refractivity (Wildman–Crippen MR) is 63.6 cm³/mol. The molecule has 1 nitrogen and oxygen atoms in total. The molecule has 0 unspecified atom stereocenters. The van der Waals surface area contributed by atoms with Crippen molar-refractivity contribution in [1.29, 1.82) is 0 Å². The van der Waals surface area contributed by atoms with Gasteiger partial charge in [0.25, 0.3) is 0 Å². The van der Waals surface area contributed by atoms with Crippen LogP contribution in [0.2, 0.25) is 0 Å². The van der Waals surface area contributed by atoms with Gasteiger partial charge in [-0.25, -0.2) is 0 Å². The summed E-state index contributed by atoms with van der Waals surface area (Å²) < 4.78 is 5.49. The molecule has 0 aliphatic carbocycles. The van der Waals surface area contributed by atoms with Gasteiger partial charge in [-0.05, 0) is 19.8 Å². The van der Waals surface area contributed by atoms with Gasteiger partial charge in [0.05, 0.1) is 6.61 Å². The van der Waals surface area contributed by atoms with Crippen molar-refractivity contribution in [2.45, 2.75) is 58.8 Å². The van der Waals surface area contributed by atoms with Crippen molar-refractivity contribution in [3.05, 3.63) is 12.2 Å². The molecule has 14 heavy (non-hydrogen) atoms. The van der Waals surface area contributed by atoms with Crippen LogP contribution in [0.4, 0.5) is 0 Å². The summed E-state index contributed by atoms with van der Waals surface area (Å²) in [6, 6.07) is 0. The Labute approximate surface area is 89.5 Å². The lowest BCUT2D eigenvalue weighted by Gasteiger charge is -2.03. The average molecular weight is 198 g/mol. The second kappa shape index (κ2) is 10.8. The Morgan fingerprint density at radius 1 is 1.00 bits per heavy atom. The van der Waals surface area contributed by atoms with E-state index in [0.717, 1.165) is 19.6 Å². The summed E-state index contributed by atoms with van der Waals surface area (Å²) in [5.41, 5.74) is 1.22. The lowest BCUT2D eigenvalue weighted by Crippen LogP contribution is -1.97. The molecule has 0 fully saturated rings. The molecule has 0 aliphatic heterocycles. The Balaban J connectivity index is 2.88. The Kier molecular flexibility index (Phi) is 10.5. The van der Waals surface area contributed by atoms with E-state index in [0.29, 0.717) is 0 Å². The topological polar surface area (TPSA) is 9.23 Å². The molecule has 1 heteroatoms. The third kappa shape index (κ3) is 11.7. The molecule has 84 valence electrons. The van der Waals surface area contributed by atoms with Crippen LogP contribution in [0.1, 0.15) is 58.8 Å². The van der Waals surface area contributed by atoms with Crippen molar-refractivity contribution in [2.75, 3.05) is 13.2 Å². The molecular formula is C13H26O. The molecular weight excluding hydrogens is 172 g/mol. The Hall–Kier alpha value is -0.300. The highest BCUT2D eigenvalue weighted by molar-refractivity contribution is 4.86. The van der Waals surface area contributed by atoms with E-state index in [-0.39, 0.29) is 0 Å². The van der Waals surface area contributed by atoms with Crippen molar-refractivity contribution >= 4 is 0 Å². The molecule has 0 spiro atoms. The van der Waals surface area contributed by atoms with Crippen LogP contribution in [-0.2, 0) is 4.74 Å². The highest BCUT2D eigenvalue weighted by Crippen LogP contribution is 2.05. The zero-order chi connectivity index (χ0) is 10.6. The van der Waals surface area contributed by atoms with E-state index in [4.69, 9.17) is 4.74 Å². The lowest BCUT2D eigenvalue weighted by molar-refractivity contribution is 0.133. The highest BCUT2D eigenvalue weighted by Gasteiger charge is 1.91. The van der Waals surface area contributed by atoms with E-state index in [1.165, 1.54) is 44.1 Å². The van der Waals surface area contributed by atoms with Crippen LogP contribution in [0.3, 0.4) is 0 Å². The van der Waals surface area contributed by atoms with Gasteiger partial charge < -0.3 is 4.74 Å². The SMILES string of the molecule is C=C(C)CCOCCCCCCCC. The minimum atomic E-state index is 0.851. The van der Waals surface area contributed by atoms with Gasteiger partial charge in [-0.15, -0.1) is 6.58 Å². The number of hydrogen-bond donors (Lipinski definition) is 0. The van der Waals surface area contributed by atoms with Gasteiger partial charge in [0.15, 0.2) is 0 Å². The molecule has 0 heterocycles. The molecule has 0 aromatic heterocycles. The highest BCUT2D eigenvalue weighted by atomic mass is 16.5. The summed E-state index contributed by atoms with van der Waals surface area (Å²) in [5, 5.41) is 0. The van der Waals surface area contributed by atoms with Gasteiger partial charge in [-0.3, -0.25) is 0 Å². The van der Waals surface area contributed by atoms with Gasteiger partial charge in [0.1, 0.15) is 0 Å². The molecule has 0 aliphatic rings. The first-order valence-corrected chi connectivity index (χ1v) is 5.99. The summed E-state index contributed by atoms with van der Waals surface area (Å²) in [6.07, 6.45) is 9.04. The number of rotatable bonds is 10.